The highest BCUT2D eigenvalue weighted by Gasteiger charge is 2.32. The fourth-order valence-electron chi connectivity index (χ4n) is 5.11. The van der Waals surface area contributed by atoms with Gasteiger partial charge >= 0.3 is 18.2 Å². The van der Waals surface area contributed by atoms with Gasteiger partial charge in [-0.25, -0.2) is 29.5 Å². The Labute approximate surface area is 293 Å². The normalized spacial score (nSPS) is 16.0. The van der Waals surface area contributed by atoms with E-state index >= 15 is 0 Å². The van der Waals surface area contributed by atoms with Gasteiger partial charge in [0.15, 0.2) is 0 Å². The summed E-state index contributed by atoms with van der Waals surface area (Å²) in [5, 5.41) is 9.77. The van der Waals surface area contributed by atoms with E-state index in [1.165, 1.54) is 0 Å². The molecular formula is C32H53N9O9. The zero-order valence-electron chi connectivity index (χ0n) is 30.1. The fraction of sp³-hybridized carbons (Fsp3) is 0.719. The number of anilines is 1. The number of carbonyl (C=O) groups is 5. The lowest BCUT2D eigenvalue weighted by molar-refractivity contribution is -0.140. The van der Waals surface area contributed by atoms with Crippen molar-refractivity contribution in [1.82, 2.24) is 34.6 Å². The monoisotopic (exact) mass is 707 g/mol. The first-order valence-corrected chi connectivity index (χ1v) is 16.8. The van der Waals surface area contributed by atoms with Gasteiger partial charge in [0.05, 0.1) is 32.7 Å². The molecule has 2 saturated heterocycles. The summed E-state index contributed by atoms with van der Waals surface area (Å²) in [5.74, 6) is 4.78. The zero-order valence-corrected chi connectivity index (χ0v) is 30.1. The number of amides is 4. The highest BCUT2D eigenvalue weighted by molar-refractivity contribution is 5.88. The Hall–Kier alpha value is -4.13. The topological polar surface area (TPSA) is 205 Å². The van der Waals surface area contributed by atoms with E-state index in [2.05, 4.69) is 14.9 Å². The van der Waals surface area contributed by atoms with E-state index in [-0.39, 0.29) is 31.3 Å². The van der Waals surface area contributed by atoms with Crippen molar-refractivity contribution < 1.29 is 43.3 Å². The Kier molecular flexibility index (Phi) is 14.7. The van der Waals surface area contributed by atoms with Crippen LogP contribution in [-0.4, -0.2) is 166 Å². The molecule has 18 nitrogen and oxygen atoms in total. The fourth-order valence-corrected chi connectivity index (χ4v) is 5.11. The number of hydrogen-bond acceptors (Lipinski definition) is 14. The van der Waals surface area contributed by atoms with Gasteiger partial charge in [0.1, 0.15) is 17.7 Å². The van der Waals surface area contributed by atoms with Crippen LogP contribution in [0, 0.1) is 0 Å². The van der Waals surface area contributed by atoms with E-state index in [0.29, 0.717) is 83.6 Å². The molecule has 18 heteroatoms. The third kappa shape index (κ3) is 14.0. The van der Waals surface area contributed by atoms with Gasteiger partial charge in [0.2, 0.25) is 17.8 Å². The number of nitrogens with zero attached hydrogens (tertiary/aromatic N) is 8. The summed E-state index contributed by atoms with van der Waals surface area (Å²) in [6.45, 7) is 15.6. The lowest BCUT2D eigenvalue weighted by Gasteiger charge is -2.35. The van der Waals surface area contributed by atoms with Crippen LogP contribution >= 0.6 is 0 Å². The molecule has 1 aromatic rings. The first kappa shape index (κ1) is 40.3. The number of hydrogen-bond donors (Lipinski definition) is 2. The van der Waals surface area contributed by atoms with Crippen LogP contribution in [0.1, 0.15) is 53.5 Å². The van der Waals surface area contributed by atoms with Crippen LogP contribution in [0.2, 0.25) is 0 Å². The molecule has 2 aliphatic heterocycles. The minimum atomic E-state index is -1.09. The summed E-state index contributed by atoms with van der Waals surface area (Å²) in [5.41, 5.74) is -1.09. The SMILES string of the molecule is CC(C)(C)OC(=O)N(Cc1cnc(N2CCN(C(=O)CCOCCN3CCN(C(=O)CN(N)CC(=O)O)CC3)CC2)nc1)C(=O)OC(C)(C)C. The molecule has 3 heterocycles. The zero-order chi connectivity index (χ0) is 37.1. The highest BCUT2D eigenvalue weighted by atomic mass is 16.6. The smallest absolute Gasteiger partial charge is 0.420 e. The van der Waals surface area contributed by atoms with Gasteiger partial charge < -0.3 is 34.0 Å². The van der Waals surface area contributed by atoms with Crippen molar-refractivity contribution in [3.05, 3.63) is 18.0 Å². The molecule has 0 aliphatic carbocycles. The lowest BCUT2D eigenvalue weighted by atomic mass is 10.2. The molecule has 4 amide bonds. The number of aliphatic carboxylic acids is 1. The van der Waals surface area contributed by atoms with Gasteiger partial charge in [-0.15, -0.1) is 0 Å². The second-order valence-corrected chi connectivity index (χ2v) is 14.2. The number of ether oxygens (including phenoxy) is 3. The van der Waals surface area contributed by atoms with Gasteiger partial charge in [-0.05, 0) is 41.5 Å². The maximum atomic E-state index is 12.8. The summed E-state index contributed by atoms with van der Waals surface area (Å²) in [6, 6.07) is 0. The van der Waals surface area contributed by atoms with Crippen LogP contribution in [0.15, 0.2) is 12.4 Å². The number of carboxylic acid groups (broad SMARTS) is 1. The highest BCUT2D eigenvalue weighted by Crippen LogP contribution is 2.18. The Morgan fingerprint density at radius 1 is 0.780 bits per heavy atom. The number of nitrogens with two attached hydrogens (primary N) is 1. The summed E-state index contributed by atoms with van der Waals surface area (Å²) < 4.78 is 16.6. The molecule has 0 bridgehead atoms. The summed E-state index contributed by atoms with van der Waals surface area (Å²) in [4.78, 5) is 78.9. The Morgan fingerprint density at radius 3 is 1.82 bits per heavy atom. The predicted octanol–water partition coefficient (Wildman–Crippen LogP) is 0.609. The van der Waals surface area contributed by atoms with Gasteiger partial charge in [0, 0.05) is 76.9 Å². The second kappa shape index (κ2) is 18.2. The maximum absolute atomic E-state index is 12.8. The summed E-state index contributed by atoms with van der Waals surface area (Å²) >= 11 is 0. The van der Waals surface area contributed by atoms with Crippen molar-refractivity contribution in [3.63, 3.8) is 0 Å². The predicted molar refractivity (Wildman–Crippen MR) is 181 cm³/mol. The molecule has 3 N–H and O–H groups in total. The van der Waals surface area contributed by atoms with Crippen molar-refractivity contribution in [2.45, 2.75) is 65.7 Å². The standard InChI is InChI=1S/C32H53N9O9/c1-31(2,3)49-29(46)41(30(47)50-32(4,5)6)21-24-19-34-28(35-20-24)39-14-12-37(13-15-39)25(42)7-17-48-18-16-36-8-10-38(11-9-36)26(43)22-40(33)23-27(44)45/h19-20H,7-18,21-23,33H2,1-6H3,(H,44,45). The average molecular weight is 708 g/mol. The second-order valence-electron chi connectivity index (χ2n) is 14.2. The number of rotatable bonds is 13. The summed E-state index contributed by atoms with van der Waals surface area (Å²) in [6.07, 6.45) is 1.72. The van der Waals surface area contributed by atoms with Crippen LogP contribution < -0.4 is 10.7 Å². The van der Waals surface area contributed by atoms with Crippen LogP contribution in [0.5, 0.6) is 0 Å². The van der Waals surface area contributed by atoms with Gasteiger partial charge in [-0.1, -0.05) is 0 Å². The van der Waals surface area contributed by atoms with E-state index in [0.717, 1.165) is 9.91 Å². The van der Waals surface area contributed by atoms with E-state index in [1.54, 1.807) is 63.7 Å². The minimum Gasteiger partial charge on any atom is -0.480 e. The molecule has 2 aliphatic rings. The first-order chi connectivity index (χ1) is 23.4. The van der Waals surface area contributed by atoms with E-state index in [9.17, 15) is 24.0 Å². The number of piperazine rings is 2. The molecular weight excluding hydrogens is 654 g/mol. The third-order valence-electron chi connectivity index (χ3n) is 7.59. The van der Waals surface area contributed by atoms with Crippen molar-refractivity contribution >= 4 is 35.9 Å². The average Bonchev–Trinajstić information content (AvgIpc) is 3.02. The van der Waals surface area contributed by atoms with E-state index in [1.807, 2.05) is 4.90 Å². The molecule has 0 atom stereocenters. The first-order valence-electron chi connectivity index (χ1n) is 16.8. The molecule has 280 valence electrons. The van der Waals surface area contributed by atoms with Crippen molar-refractivity contribution in [1.29, 1.82) is 0 Å². The number of hydrazine groups is 1. The Bertz CT molecular complexity index is 1270. The third-order valence-corrected chi connectivity index (χ3v) is 7.59. The van der Waals surface area contributed by atoms with E-state index in [4.69, 9.17) is 25.2 Å². The Morgan fingerprint density at radius 2 is 1.30 bits per heavy atom. The molecule has 1 aromatic heterocycles. The number of carbonyl (C=O) groups excluding carboxylic acids is 4. The Balaban J connectivity index is 1.35. The molecule has 0 aromatic carbocycles. The maximum Gasteiger partial charge on any atom is 0.420 e. The van der Waals surface area contributed by atoms with Gasteiger partial charge in [-0.3, -0.25) is 25.1 Å². The largest absolute Gasteiger partial charge is 0.480 e. The van der Waals surface area contributed by atoms with Gasteiger partial charge in [0.25, 0.3) is 0 Å². The van der Waals surface area contributed by atoms with Crippen LogP contribution in [0.25, 0.3) is 0 Å². The molecule has 2 fully saturated rings. The molecule has 0 unspecified atom stereocenters. The molecule has 3 rings (SSSR count). The van der Waals surface area contributed by atoms with Crippen LogP contribution in [-0.2, 0) is 35.1 Å². The van der Waals surface area contributed by atoms with Crippen molar-refractivity contribution in [3.8, 4) is 0 Å². The van der Waals surface area contributed by atoms with Crippen LogP contribution in [0.4, 0.5) is 15.5 Å². The number of carboxylic acids is 1. The number of aromatic nitrogens is 2. The van der Waals surface area contributed by atoms with Gasteiger partial charge in [-0.2, -0.15) is 0 Å². The minimum absolute atomic E-state index is 0.00858. The van der Waals surface area contributed by atoms with E-state index < -0.39 is 35.9 Å². The quantitative estimate of drug-likeness (QED) is 0.164. The summed E-state index contributed by atoms with van der Waals surface area (Å²) in [7, 11) is 0. The number of imide groups is 1. The molecule has 50 heavy (non-hydrogen) atoms. The lowest BCUT2D eigenvalue weighted by Crippen LogP contribution is -2.53. The molecule has 0 saturated carbocycles. The molecule has 0 radical (unpaired) electrons. The van der Waals surface area contributed by atoms with Crippen LogP contribution in [0.3, 0.4) is 0 Å². The van der Waals surface area contributed by atoms with Crippen molar-refractivity contribution in [2.24, 2.45) is 5.84 Å². The van der Waals surface area contributed by atoms with Crippen molar-refractivity contribution in [2.75, 3.05) is 90.1 Å². The molecule has 0 spiro atoms.